The lowest BCUT2D eigenvalue weighted by molar-refractivity contribution is 0.234. The number of anilines is 1. The summed E-state index contributed by atoms with van der Waals surface area (Å²) in [5, 5.41) is 8.38. The van der Waals surface area contributed by atoms with Crippen molar-refractivity contribution in [2.75, 3.05) is 24.5 Å². The van der Waals surface area contributed by atoms with Gasteiger partial charge in [-0.1, -0.05) is 5.10 Å². The Labute approximate surface area is 108 Å². The van der Waals surface area contributed by atoms with Gasteiger partial charge in [0.2, 0.25) is 5.89 Å². The summed E-state index contributed by atoms with van der Waals surface area (Å²) in [5.74, 6) is 0.768. The van der Waals surface area contributed by atoms with Gasteiger partial charge in [0, 0.05) is 19.1 Å². The number of hydrogen-bond acceptors (Lipinski definition) is 5. The van der Waals surface area contributed by atoms with E-state index in [1.807, 2.05) is 0 Å². The molecule has 0 radical (unpaired) electrons. The molecule has 5 heteroatoms. The molecule has 3 heterocycles. The van der Waals surface area contributed by atoms with Crippen LogP contribution in [0.1, 0.15) is 44.9 Å². The first-order valence-electron chi connectivity index (χ1n) is 7.14. The Morgan fingerprint density at radius 3 is 2.67 bits per heavy atom. The molecule has 0 spiro atoms. The van der Waals surface area contributed by atoms with Crippen LogP contribution in [0.15, 0.2) is 4.42 Å². The fourth-order valence-electron chi connectivity index (χ4n) is 2.92. The first kappa shape index (κ1) is 12.0. The lowest BCUT2D eigenvalue weighted by Crippen LogP contribution is -2.29. The molecule has 2 fully saturated rings. The van der Waals surface area contributed by atoms with Crippen LogP contribution in [-0.2, 0) is 6.54 Å². The van der Waals surface area contributed by atoms with Gasteiger partial charge in [-0.15, -0.1) is 5.10 Å². The summed E-state index contributed by atoms with van der Waals surface area (Å²) in [6.45, 7) is 6.35. The molecule has 0 saturated carbocycles. The molecule has 0 N–H and O–H groups in total. The Kier molecular flexibility index (Phi) is 3.50. The molecule has 2 aliphatic heterocycles. The minimum Gasteiger partial charge on any atom is -0.407 e. The van der Waals surface area contributed by atoms with E-state index in [2.05, 4.69) is 26.9 Å². The van der Waals surface area contributed by atoms with E-state index in [4.69, 9.17) is 4.42 Å². The summed E-state index contributed by atoms with van der Waals surface area (Å²) >= 11 is 0. The molecule has 0 aromatic carbocycles. The first-order valence-corrected chi connectivity index (χ1v) is 7.14. The van der Waals surface area contributed by atoms with Gasteiger partial charge in [-0.2, -0.15) is 0 Å². The van der Waals surface area contributed by atoms with Crippen molar-refractivity contribution in [1.82, 2.24) is 15.1 Å². The molecule has 3 rings (SSSR count). The van der Waals surface area contributed by atoms with Gasteiger partial charge < -0.3 is 9.32 Å². The Hall–Kier alpha value is -1.10. The Balaban J connectivity index is 1.62. The van der Waals surface area contributed by atoms with E-state index < -0.39 is 0 Å². The monoisotopic (exact) mass is 250 g/mol. The third-order valence-electron chi connectivity index (χ3n) is 4.11. The molecule has 2 aliphatic rings. The minimum atomic E-state index is 0.648. The van der Waals surface area contributed by atoms with Gasteiger partial charge in [-0.3, -0.25) is 4.90 Å². The fraction of sp³-hybridized carbons (Fsp3) is 0.846. The van der Waals surface area contributed by atoms with Crippen molar-refractivity contribution in [1.29, 1.82) is 0 Å². The van der Waals surface area contributed by atoms with Crippen molar-refractivity contribution in [2.24, 2.45) is 0 Å². The molecule has 0 bridgehead atoms. The highest BCUT2D eigenvalue weighted by molar-refractivity contribution is 5.24. The van der Waals surface area contributed by atoms with Crippen molar-refractivity contribution in [3.8, 4) is 0 Å². The van der Waals surface area contributed by atoms with Gasteiger partial charge >= 0.3 is 6.01 Å². The summed E-state index contributed by atoms with van der Waals surface area (Å²) < 4.78 is 5.80. The van der Waals surface area contributed by atoms with Gasteiger partial charge in [-0.05, 0) is 45.6 Å². The molecule has 1 unspecified atom stereocenters. The quantitative estimate of drug-likeness (QED) is 0.821. The van der Waals surface area contributed by atoms with Crippen LogP contribution in [0.4, 0.5) is 6.01 Å². The van der Waals surface area contributed by atoms with E-state index >= 15 is 0 Å². The molecular formula is C13H22N4O. The maximum atomic E-state index is 5.80. The van der Waals surface area contributed by atoms with Crippen molar-refractivity contribution >= 4 is 6.01 Å². The second-order valence-electron chi connectivity index (χ2n) is 5.49. The number of piperidine rings is 1. The van der Waals surface area contributed by atoms with E-state index in [0.717, 1.165) is 38.1 Å². The van der Waals surface area contributed by atoms with E-state index in [-0.39, 0.29) is 0 Å². The number of hydrogen-bond donors (Lipinski definition) is 0. The van der Waals surface area contributed by atoms with E-state index in [1.54, 1.807) is 0 Å². The highest BCUT2D eigenvalue weighted by Crippen LogP contribution is 2.22. The van der Waals surface area contributed by atoms with Crippen molar-refractivity contribution < 1.29 is 4.42 Å². The third kappa shape index (κ3) is 2.51. The predicted molar refractivity (Wildman–Crippen MR) is 69.5 cm³/mol. The standard InChI is InChI=1S/C13H22N4O/c1-11-6-5-9-17(11)10-12-14-15-13(18-12)16-7-3-2-4-8-16/h11H,2-10H2,1H3. The van der Waals surface area contributed by atoms with Crippen LogP contribution < -0.4 is 4.90 Å². The number of rotatable bonds is 3. The van der Waals surface area contributed by atoms with Gasteiger partial charge in [-0.25, -0.2) is 0 Å². The first-order chi connectivity index (χ1) is 8.83. The second kappa shape index (κ2) is 5.26. The largest absolute Gasteiger partial charge is 0.407 e. The topological polar surface area (TPSA) is 45.4 Å². The molecule has 2 saturated heterocycles. The van der Waals surface area contributed by atoms with Crippen LogP contribution in [0.2, 0.25) is 0 Å². The zero-order chi connectivity index (χ0) is 12.4. The second-order valence-corrected chi connectivity index (χ2v) is 5.49. The molecule has 18 heavy (non-hydrogen) atoms. The summed E-state index contributed by atoms with van der Waals surface area (Å²) in [7, 11) is 0. The van der Waals surface area contributed by atoms with Crippen molar-refractivity contribution in [2.45, 2.75) is 51.6 Å². The molecule has 1 aromatic rings. The summed E-state index contributed by atoms with van der Waals surface area (Å²) in [5.41, 5.74) is 0. The average Bonchev–Trinajstić information content (AvgIpc) is 3.02. The van der Waals surface area contributed by atoms with Crippen LogP contribution >= 0.6 is 0 Å². The average molecular weight is 250 g/mol. The zero-order valence-corrected chi connectivity index (χ0v) is 11.1. The molecule has 5 nitrogen and oxygen atoms in total. The van der Waals surface area contributed by atoms with Gasteiger partial charge in [0.1, 0.15) is 0 Å². The van der Waals surface area contributed by atoms with Crippen molar-refractivity contribution in [3.63, 3.8) is 0 Å². The molecule has 1 atom stereocenters. The maximum absolute atomic E-state index is 5.80. The molecular weight excluding hydrogens is 228 g/mol. The number of nitrogens with zero attached hydrogens (tertiary/aromatic N) is 4. The summed E-state index contributed by atoms with van der Waals surface area (Å²) in [6, 6.07) is 1.37. The molecule has 100 valence electrons. The lowest BCUT2D eigenvalue weighted by atomic mass is 10.1. The minimum absolute atomic E-state index is 0.648. The van der Waals surface area contributed by atoms with E-state index in [0.29, 0.717) is 6.04 Å². The summed E-state index contributed by atoms with van der Waals surface area (Å²) in [6.07, 6.45) is 6.37. The SMILES string of the molecule is CC1CCCN1Cc1nnc(N2CCCCC2)o1. The zero-order valence-electron chi connectivity index (χ0n) is 11.1. The van der Waals surface area contributed by atoms with Crippen LogP contribution in [0.25, 0.3) is 0 Å². The fourth-order valence-corrected chi connectivity index (χ4v) is 2.92. The van der Waals surface area contributed by atoms with Crippen LogP contribution in [-0.4, -0.2) is 40.8 Å². The highest BCUT2D eigenvalue weighted by Gasteiger charge is 2.23. The molecule has 1 aromatic heterocycles. The Bertz CT molecular complexity index is 386. The van der Waals surface area contributed by atoms with E-state index in [1.165, 1.54) is 32.1 Å². The molecule has 0 amide bonds. The number of aromatic nitrogens is 2. The van der Waals surface area contributed by atoms with E-state index in [9.17, 15) is 0 Å². The van der Waals surface area contributed by atoms with Gasteiger partial charge in [0.05, 0.1) is 6.54 Å². The van der Waals surface area contributed by atoms with Crippen LogP contribution in [0.5, 0.6) is 0 Å². The normalized spacial score (nSPS) is 25.8. The molecule has 0 aliphatic carbocycles. The van der Waals surface area contributed by atoms with Crippen LogP contribution in [0, 0.1) is 0 Å². The van der Waals surface area contributed by atoms with Gasteiger partial charge in [0.15, 0.2) is 0 Å². The third-order valence-corrected chi connectivity index (χ3v) is 4.11. The maximum Gasteiger partial charge on any atom is 0.318 e. The van der Waals surface area contributed by atoms with Gasteiger partial charge in [0.25, 0.3) is 0 Å². The lowest BCUT2D eigenvalue weighted by Gasteiger charge is -2.24. The van der Waals surface area contributed by atoms with Crippen LogP contribution in [0.3, 0.4) is 0 Å². The smallest absolute Gasteiger partial charge is 0.318 e. The Morgan fingerprint density at radius 2 is 1.94 bits per heavy atom. The Morgan fingerprint density at radius 1 is 1.11 bits per heavy atom. The highest BCUT2D eigenvalue weighted by atomic mass is 16.4. The predicted octanol–water partition coefficient (Wildman–Crippen LogP) is 2.04. The number of likely N-dealkylation sites (tertiary alicyclic amines) is 1. The van der Waals surface area contributed by atoms with Crippen molar-refractivity contribution in [3.05, 3.63) is 5.89 Å². The summed E-state index contributed by atoms with van der Waals surface area (Å²) in [4.78, 5) is 4.64.